The van der Waals surface area contributed by atoms with Gasteiger partial charge in [-0.05, 0) is 12.7 Å². The molecule has 1 atom stereocenters. The van der Waals surface area contributed by atoms with E-state index in [-0.39, 0.29) is 0 Å². The van der Waals surface area contributed by atoms with Crippen LogP contribution >= 0.6 is 11.8 Å². The largest absolute Gasteiger partial charge is 0.463 e. The zero-order valence-corrected chi connectivity index (χ0v) is 6.98. The van der Waals surface area contributed by atoms with E-state index in [0.717, 1.165) is 11.8 Å². The number of hydrogen-bond donors (Lipinski definition) is 1. The minimum absolute atomic E-state index is 0.320. The first kappa shape index (κ1) is 9.78. The summed E-state index contributed by atoms with van der Waals surface area (Å²) >= 11 is 1.16. The summed E-state index contributed by atoms with van der Waals surface area (Å²) in [6, 6.07) is 0. The second-order valence-electron chi connectivity index (χ2n) is 1.56. The number of esters is 1. The van der Waals surface area contributed by atoms with Gasteiger partial charge in [-0.2, -0.15) is 0 Å². The molecular weight excluding hydrogens is 152 g/mol. The summed E-state index contributed by atoms with van der Waals surface area (Å²) in [6.45, 7) is 3.90. The molecule has 0 aliphatic heterocycles. The van der Waals surface area contributed by atoms with Gasteiger partial charge in [0.1, 0.15) is 0 Å². The molecule has 0 radical (unpaired) electrons. The Labute approximate surface area is 64.8 Å². The second kappa shape index (κ2) is 5.56. The number of aliphatic hydroxyl groups excluding tert-OH is 1. The Balaban J connectivity index is 3.49. The number of carbonyl (C=O) groups is 1. The van der Waals surface area contributed by atoms with Crippen molar-refractivity contribution in [3.05, 3.63) is 0 Å². The van der Waals surface area contributed by atoms with Gasteiger partial charge in [0.05, 0.1) is 6.61 Å². The Hall–Kier alpha value is -0.220. The SMILES string of the molecule is CCOC(=O)C(O)SCC. The predicted molar refractivity (Wildman–Crippen MR) is 40.8 cm³/mol. The van der Waals surface area contributed by atoms with Crippen LogP contribution in [0, 0.1) is 0 Å². The summed E-state index contributed by atoms with van der Waals surface area (Å²) in [5.41, 5.74) is -1.01. The number of aliphatic hydroxyl groups is 1. The van der Waals surface area contributed by atoms with Crippen LogP contribution < -0.4 is 0 Å². The maximum Gasteiger partial charge on any atom is 0.345 e. The van der Waals surface area contributed by atoms with E-state index < -0.39 is 11.4 Å². The number of ether oxygens (including phenoxy) is 1. The minimum atomic E-state index is -1.01. The van der Waals surface area contributed by atoms with Crippen molar-refractivity contribution in [1.29, 1.82) is 0 Å². The highest BCUT2D eigenvalue weighted by Crippen LogP contribution is 2.07. The van der Waals surface area contributed by atoms with Crippen molar-refractivity contribution < 1.29 is 14.6 Å². The van der Waals surface area contributed by atoms with Gasteiger partial charge in [-0.25, -0.2) is 4.79 Å². The van der Waals surface area contributed by atoms with Crippen molar-refractivity contribution >= 4 is 17.7 Å². The van der Waals surface area contributed by atoms with Crippen molar-refractivity contribution in [3.63, 3.8) is 0 Å². The van der Waals surface area contributed by atoms with Gasteiger partial charge in [0.15, 0.2) is 5.44 Å². The molecule has 10 heavy (non-hydrogen) atoms. The molecule has 60 valence electrons. The van der Waals surface area contributed by atoms with E-state index in [1.807, 2.05) is 6.92 Å². The van der Waals surface area contributed by atoms with E-state index in [1.165, 1.54) is 0 Å². The standard InChI is InChI=1S/C6H12O3S/c1-3-9-5(7)6(8)10-4-2/h6,8H,3-4H2,1-2H3. The quantitative estimate of drug-likeness (QED) is 0.489. The summed E-state index contributed by atoms with van der Waals surface area (Å²) in [6.07, 6.45) is 0. The van der Waals surface area contributed by atoms with Gasteiger partial charge in [-0.3, -0.25) is 0 Å². The monoisotopic (exact) mass is 164 g/mol. The molecule has 0 amide bonds. The van der Waals surface area contributed by atoms with Crippen molar-refractivity contribution in [2.75, 3.05) is 12.4 Å². The molecule has 0 fully saturated rings. The zero-order chi connectivity index (χ0) is 7.98. The van der Waals surface area contributed by atoms with E-state index >= 15 is 0 Å². The van der Waals surface area contributed by atoms with Crippen molar-refractivity contribution in [2.45, 2.75) is 19.3 Å². The third-order valence-corrected chi connectivity index (χ3v) is 1.65. The average Bonchev–Trinajstić information content (AvgIpc) is 1.89. The fraction of sp³-hybridized carbons (Fsp3) is 0.833. The van der Waals surface area contributed by atoms with E-state index in [0.29, 0.717) is 12.4 Å². The topological polar surface area (TPSA) is 46.5 Å². The van der Waals surface area contributed by atoms with Crippen LogP contribution in [0.25, 0.3) is 0 Å². The van der Waals surface area contributed by atoms with Crippen LogP contribution in [0.5, 0.6) is 0 Å². The van der Waals surface area contributed by atoms with E-state index in [2.05, 4.69) is 4.74 Å². The van der Waals surface area contributed by atoms with Crippen LogP contribution in [0.1, 0.15) is 13.8 Å². The number of rotatable bonds is 4. The first-order valence-electron chi connectivity index (χ1n) is 3.18. The maximum absolute atomic E-state index is 10.6. The Kier molecular flexibility index (Phi) is 5.43. The van der Waals surface area contributed by atoms with Gasteiger partial charge >= 0.3 is 5.97 Å². The lowest BCUT2D eigenvalue weighted by atomic mass is 10.7. The first-order chi connectivity index (χ1) is 4.72. The lowest BCUT2D eigenvalue weighted by molar-refractivity contribution is -0.148. The van der Waals surface area contributed by atoms with Crippen molar-refractivity contribution in [2.24, 2.45) is 0 Å². The molecule has 0 rings (SSSR count). The van der Waals surface area contributed by atoms with Crippen molar-refractivity contribution in [1.82, 2.24) is 0 Å². The van der Waals surface area contributed by atoms with Crippen molar-refractivity contribution in [3.8, 4) is 0 Å². The molecule has 1 unspecified atom stereocenters. The molecule has 0 aromatic carbocycles. The normalized spacial score (nSPS) is 12.7. The van der Waals surface area contributed by atoms with Gasteiger partial charge < -0.3 is 9.84 Å². The number of hydrogen-bond acceptors (Lipinski definition) is 4. The molecule has 0 saturated heterocycles. The fourth-order valence-corrected chi connectivity index (χ4v) is 0.959. The lowest BCUT2D eigenvalue weighted by Gasteiger charge is -2.06. The molecular formula is C6H12O3S. The number of thioether (sulfide) groups is 1. The molecule has 0 bridgehead atoms. The molecule has 3 nitrogen and oxygen atoms in total. The maximum atomic E-state index is 10.6. The molecule has 0 aromatic rings. The van der Waals surface area contributed by atoms with Gasteiger partial charge in [-0.15, -0.1) is 11.8 Å². The molecule has 0 aliphatic rings. The minimum Gasteiger partial charge on any atom is -0.463 e. The molecule has 0 heterocycles. The fourth-order valence-electron chi connectivity index (χ4n) is 0.439. The molecule has 0 spiro atoms. The second-order valence-corrected chi connectivity index (χ2v) is 2.92. The van der Waals surface area contributed by atoms with Crippen LogP contribution in [-0.2, 0) is 9.53 Å². The van der Waals surface area contributed by atoms with E-state index in [1.54, 1.807) is 6.92 Å². The Morgan fingerprint density at radius 1 is 1.70 bits per heavy atom. The third kappa shape index (κ3) is 3.74. The summed E-state index contributed by atoms with van der Waals surface area (Å²) in [4.78, 5) is 10.6. The van der Waals surface area contributed by atoms with Gasteiger partial charge in [0.2, 0.25) is 0 Å². The van der Waals surface area contributed by atoms with Crippen LogP contribution in [0.4, 0.5) is 0 Å². The Morgan fingerprint density at radius 3 is 2.70 bits per heavy atom. The molecule has 0 aromatic heterocycles. The highest BCUT2D eigenvalue weighted by Gasteiger charge is 2.14. The highest BCUT2D eigenvalue weighted by molar-refractivity contribution is 8.00. The summed E-state index contributed by atoms with van der Waals surface area (Å²) in [5.74, 6) is 0.161. The third-order valence-electron chi connectivity index (χ3n) is 0.813. The molecule has 0 saturated carbocycles. The van der Waals surface area contributed by atoms with Gasteiger partial charge in [-0.1, -0.05) is 6.92 Å². The van der Waals surface area contributed by atoms with E-state index in [4.69, 9.17) is 5.11 Å². The molecule has 4 heteroatoms. The van der Waals surface area contributed by atoms with Crippen LogP contribution in [-0.4, -0.2) is 28.9 Å². The lowest BCUT2D eigenvalue weighted by Crippen LogP contribution is -2.19. The van der Waals surface area contributed by atoms with Gasteiger partial charge in [0, 0.05) is 0 Å². The smallest absolute Gasteiger partial charge is 0.345 e. The van der Waals surface area contributed by atoms with Crippen LogP contribution in [0.15, 0.2) is 0 Å². The summed E-state index contributed by atoms with van der Waals surface area (Å²) < 4.78 is 4.55. The van der Waals surface area contributed by atoms with Crippen LogP contribution in [0.2, 0.25) is 0 Å². The van der Waals surface area contributed by atoms with Gasteiger partial charge in [0.25, 0.3) is 0 Å². The zero-order valence-electron chi connectivity index (χ0n) is 6.16. The molecule has 0 aliphatic carbocycles. The Bertz CT molecular complexity index is 105. The number of carbonyl (C=O) groups excluding carboxylic acids is 1. The Morgan fingerprint density at radius 2 is 2.30 bits per heavy atom. The average molecular weight is 164 g/mol. The van der Waals surface area contributed by atoms with E-state index in [9.17, 15) is 4.79 Å². The first-order valence-corrected chi connectivity index (χ1v) is 4.23. The summed E-state index contributed by atoms with van der Waals surface area (Å²) in [7, 11) is 0. The van der Waals surface area contributed by atoms with Crippen LogP contribution in [0.3, 0.4) is 0 Å². The highest BCUT2D eigenvalue weighted by atomic mass is 32.2. The summed E-state index contributed by atoms with van der Waals surface area (Å²) in [5, 5.41) is 8.94. The molecule has 1 N–H and O–H groups in total. The predicted octanol–water partition coefficient (Wildman–Crippen LogP) is 0.621.